The van der Waals surface area contributed by atoms with Gasteiger partial charge in [-0.25, -0.2) is 4.98 Å². The van der Waals surface area contributed by atoms with Crippen LogP contribution in [0.1, 0.15) is 30.7 Å². The number of carbonyl (C=O) groups is 1. The molecule has 1 aliphatic heterocycles. The first-order valence-electron chi connectivity index (χ1n) is 9.98. The number of rotatable bonds is 5. The van der Waals surface area contributed by atoms with Gasteiger partial charge >= 0.3 is 0 Å². The average Bonchev–Trinajstić information content (AvgIpc) is 2.73. The lowest BCUT2D eigenvalue weighted by atomic mass is 9.90. The second-order valence-electron chi connectivity index (χ2n) is 7.54. The minimum absolute atomic E-state index is 0.144. The number of aromatic amines is 1. The first-order chi connectivity index (χ1) is 13.7. The van der Waals surface area contributed by atoms with Gasteiger partial charge in [-0.15, -0.1) is 0 Å². The van der Waals surface area contributed by atoms with Gasteiger partial charge in [-0.05, 0) is 42.9 Å². The van der Waals surface area contributed by atoms with Gasteiger partial charge in [0.1, 0.15) is 5.82 Å². The highest BCUT2D eigenvalue weighted by molar-refractivity contribution is 5.78. The molecule has 28 heavy (non-hydrogen) atoms. The summed E-state index contributed by atoms with van der Waals surface area (Å²) in [7, 11) is 0. The third kappa shape index (κ3) is 4.30. The van der Waals surface area contributed by atoms with E-state index < -0.39 is 0 Å². The summed E-state index contributed by atoms with van der Waals surface area (Å²) in [6.07, 6.45) is 4.02. The van der Waals surface area contributed by atoms with E-state index in [-0.39, 0.29) is 11.5 Å². The Balaban J connectivity index is 1.30. The van der Waals surface area contributed by atoms with Crippen molar-refractivity contribution in [3.8, 4) is 0 Å². The largest absolute Gasteiger partial charge is 0.343 e. The molecule has 1 aromatic heterocycles. The first-order valence-corrected chi connectivity index (χ1v) is 9.98. The van der Waals surface area contributed by atoms with Gasteiger partial charge in [0.15, 0.2) is 0 Å². The number of aryl methyl sites for hydroxylation is 1. The van der Waals surface area contributed by atoms with Crippen molar-refractivity contribution in [3.05, 3.63) is 76.3 Å². The highest BCUT2D eigenvalue weighted by Gasteiger charge is 2.22. The van der Waals surface area contributed by atoms with Crippen molar-refractivity contribution < 1.29 is 4.79 Å². The molecule has 1 amide bonds. The van der Waals surface area contributed by atoms with Gasteiger partial charge in [0.05, 0.1) is 10.9 Å². The van der Waals surface area contributed by atoms with Gasteiger partial charge in [0.25, 0.3) is 5.56 Å². The van der Waals surface area contributed by atoms with Gasteiger partial charge < -0.3 is 9.88 Å². The van der Waals surface area contributed by atoms with Crippen LogP contribution >= 0.6 is 0 Å². The maximum atomic E-state index is 12.6. The Hall–Kier alpha value is -2.95. The molecule has 0 radical (unpaired) electrons. The highest BCUT2D eigenvalue weighted by atomic mass is 16.2. The minimum Gasteiger partial charge on any atom is -0.343 e. The molecule has 0 aliphatic carbocycles. The Morgan fingerprint density at radius 3 is 2.54 bits per heavy atom. The number of aromatic nitrogens is 2. The van der Waals surface area contributed by atoms with Crippen LogP contribution < -0.4 is 5.56 Å². The van der Waals surface area contributed by atoms with E-state index in [0.717, 1.165) is 32.4 Å². The smallest absolute Gasteiger partial charge is 0.258 e. The fraction of sp³-hybridized carbons (Fsp3) is 0.348. The molecule has 2 aromatic carbocycles. The molecule has 1 saturated heterocycles. The van der Waals surface area contributed by atoms with Crippen molar-refractivity contribution in [2.24, 2.45) is 5.92 Å². The number of fused-ring (bicyclic) bond motifs is 1. The standard InChI is InChI=1S/C23H25N3O2/c27-22(11-10-21-24-20-9-5-4-8-19(20)23(28)25-21)26-14-12-18(13-15-26)16-17-6-2-1-3-7-17/h1-9,18H,10-16H2,(H,24,25,28). The van der Waals surface area contributed by atoms with Crippen LogP contribution in [0, 0.1) is 5.92 Å². The van der Waals surface area contributed by atoms with E-state index in [9.17, 15) is 9.59 Å². The van der Waals surface area contributed by atoms with Gasteiger partial charge in [-0.2, -0.15) is 0 Å². The third-order valence-electron chi connectivity index (χ3n) is 5.57. The Morgan fingerprint density at radius 2 is 1.75 bits per heavy atom. The molecule has 0 bridgehead atoms. The van der Waals surface area contributed by atoms with Crippen LogP contribution in [-0.2, 0) is 17.6 Å². The zero-order valence-electron chi connectivity index (χ0n) is 15.9. The van der Waals surface area contributed by atoms with Crippen LogP contribution in [-0.4, -0.2) is 33.9 Å². The summed E-state index contributed by atoms with van der Waals surface area (Å²) in [6.45, 7) is 1.63. The van der Waals surface area contributed by atoms with Crippen molar-refractivity contribution in [2.45, 2.75) is 32.1 Å². The molecule has 0 unspecified atom stereocenters. The zero-order chi connectivity index (χ0) is 19.3. The van der Waals surface area contributed by atoms with Crippen molar-refractivity contribution in [2.75, 3.05) is 13.1 Å². The van der Waals surface area contributed by atoms with Crippen molar-refractivity contribution in [3.63, 3.8) is 0 Å². The highest BCUT2D eigenvalue weighted by Crippen LogP contribution is 2.22. The number of hydrogen-bond acceptors (Lipinski definition) is 3. The van der Waals surface area contributed by atoms with Crippen LogP contribution in [0.2, 0.25) is 0 Å². The summed E-state index contributed by atoms with van der Waals surface area (Å²) < 4.78 is 0. The molecule has 144 valence electrons. The fourth-order valence-electron chi connectivity index (χ4n) is 3.97. The summed E-state index contributed by atoms with van der Waals surface area (Å²) in [5.74, 6) is 1.37. The number of benzene rings is 2. The van der Waals surface area contributed by atoms with E-state index in [0.29, 0.717) is 35.5 Å². The Kier molecular flexibility index (Phi) is 5.51. The summed E-state index contributed by atoms with van der Waals surface area (Å²) in [4.78, 5) is 34.0. The molecule has 0 spiro atoms. The number of amides is 1. The lowest BCUT2D eigenvalue weighted by molar-refractivity contribution is -0.132. The molecule has 2 heterocycles. The molecule has 5 heteroatoms. The van der Waals surface area contributed by atoms with Crippen LogP contribution in [0.25, 0.3) is 10.9 Å². The molecule has 1 N–H and O–H groups in total. The number of likely N-dealkylation sites (tertiary alicyclic amines) is 1. The average molecular weight is 375 g/mol. The molecular formula is C23H25N3O2. The third-order valence-corrected chi connectivity index (χ3v) is 5.57. The maximum absolute atomic E-state index is 12.6. The van der Waals surface area contributed by atoms with Crippen LogP contribution in [0.15, 0.2) is 59.4 Å². The number of nitrogens with zero attached hydrogens (tertiary/aromatic N) is 2. The zero-order valence-corrected chi connectivity index (χ0v) is 15.9. The number of para-hydroxylation sites is 1. The summed E-state index contributed by atoms with van der Waals surface area (Å²) in [5.41, 5.74) is 1.91. The second-order valence-corrected chi connectivity index (χ2v) is 7.54. The minimum atomic E-state index is -0.144. The summed E-state index contributed by atoms with van der Waals surface area (Å²) in [5, 5.41) is 0.582. The molecule has 0 saturated carbocycles. The predicted molar refractivity (Wildman–Crippen MR) is 110 cm³/mol. The Labute approximate surface area is 164 Å². The maximum Gasteiger partial charge on any atom is 0.258 e. The number of carbonyl (C=O) groups excluding carboxylic acids is 1. The molecule has 1 aliphatic rings. The van der Waals surface area contributed by atoms with Crippen LogP contribution in [0.3, 0.4) is 0 Å². The Morgan fingerprint density at radius 1 is 1.04 bits per heavy atom. The van der Waals surface area contributed by atoms with Crippen LogP contribution in [0.5, 0.6) is 0 Å². The van der Waals surface area contributed by atoms with Crippen molar-refractivity contribution in [1.82, 2.24) is 14.9 Å². The number of nitrogens with one attached hydrogen (secondary N) is 1. The van der Waals surface area contributed by atoms with E-state index >= 15 is 0 Å². The quantitative estimate of drug-likeness (QED) is 0.744. The van der Waals surface area contributed by atoms with E-state index in [2.05, 4.69) is 34.2 Å². The molecular weight excluding hydrogens is 350 g/mol. The van der Waals surface area contributed by atoms with Gasteiger partial charge in [-0.3, -0.25) is 9.59 Å². The number of piperidine rings is 1. The summed E-state index contributed by atoms with van der Waals surface area (Å²) in [6, 6.07) is 17.8. The van der Waals surface area contributed by atoms with Gasteiger partial charge in [0.2, 0.25) is 5.91 Å². The lowest BCUT2D eigenvalue weighted by Crippen LogP contribution is -2.39. The lowest BCUT2D eigenvalue weighted by Gasteiger charge is -2.32. The topological polar surface area (TPSA) is 66.1 Å². The fourth-order valence-corrected chi connectivity index (χ4v) is 3.97. The first kappa shape index (κ1) is 18.4. The van der Waals surface area contributed by atoms with Crippen molar-refractivity contribution >= 4 is 16.8 Å². The number of hydrogen-bond donors (Lipinski definition) is 1. The van der Waals surface area contributed by atoms with E-state index in [1.165, 1.54) is 5.56 Å². The van der Waals surface area contributed by atoms with Gasteiger partial charge in [-0.1, -0.05) is 42.5 Å². The Bertz CT molecular complexity index is 1010. The molecule has 4 rings (SSSR count). The number of H-pyrrole nitrogens is 1. The van der Waals surface area contributed by atoms with Crippen LogP contribution in [0.4, 0.5) is 0 Å². The van der Waals surface area contributed by atoms with Crippen molar-refractivity contribution in [1.29, 1.82) is 0 Å². The summed E-state index contributed by atoms with van der Waals surface area (Å²) >= 11 is 0. The molecule has 5 nitrogen and oxygen atoms in total. The second kappa shape index (κ2) is 8.38. The SMILES string of the molecule is O=C(CCc1nc2ccccc2c(=O)[nH]1)N1CCC(Cc2ccccc2)CC1. The van der Waals surface area contributed by atoms with Gasteiger partial charge in [0, 0.05) is 25.9 Å². The molecule has 3 aromatic rings. The molecule has 1 fully saturated rings. The van der Waals surface area contributed by atoms with E-state index in [1.54, 1.807) is 6.07 Å². The van der Waals surface area contributed by atoms with E-state index in [4.69, 9.17) is 0 Å². The van der Waals surface area contributed by atoms with E-state index in [1.807, 2.05) is 29.2 Å². The predicted octanol–water partition coefficient (Wildman–Crippen LogP) is 3.34. The monoisotopic (exact) mass is 375 g/mol. The normalized spacial score (nSPS) is 15.1. The molecule has 0 atom stereocenters.